The molecule has 4 rings (SSSR count). The number of nitrogens with one attached hydrogen (secondary N) is 2. The Morgan fingerprint density at radius 2 is 1.66 bits per heavy atom. The molecule has 0 atom stereocenters. The lowest BCUT2D eigenvalue weighted by atomic mass is 10.1. The van der Waals surface area contributed by atoms with Gasteiger partial charge in [0.1, 0.15) is 5.01 Å². The van der Waals surface area contributed by atoms with Gasteiger partial charge in [0.2, 0.25) is 5.13 Å². The van der Waals surface area contributed by atoms with Crippen molar-refractivity contribution in [3.05, 3.63) is 76.2 Å². The highest BCUT2D eigenvalue weighted by Gasteiger charge is 2.29. The van der Waals surface area contributed by atoms with Crippen molar-refractivity contribution in [3.8, 4) is 0 Å². The molecule has 13 heteroatoms. The number of thiazole rings is 1. The van der Waals surface area contributed by atoms with Crippen molar-refractivity contribution in [2.24, 2.45) is 0 Å². The SMILES string of the molecule is O=S(=O)(Nc1nccs1)c1ccc(Nc2nnc(Cc3ccc(C(F)(F)F)cc3)s2)cc1. The lowest BCUT2D eigenvalue weighted by Gasteiger charge is -2.07. The predicted molar refractivity (Wildman–Crippen MR) is 117 cm³/mol. The Balaban J connectivity index is 1.39. The van der Waals surface area contributed by atoms with Crippen LogP contribution in [0.2, 0.25) is 0 Å². The number of hydrogen-bond donors (Lipinski definition) is 2. The van der Waals surface area contributed by atoms with Crippen molar-refractivity contribution >= 4 is 48.6 Å². The van der Waals surface area contributed by atoms with Gasteiger partial charge in [-0.15, -0.1) is 21.5 Å². The third-order valence-corrected chi connectivity index (χ3v) is 7.18. The Labute approximate surface area is 189 Å². The van der Waals surface area contributed by atoms with Crippen LogP contribution in [-0.4, -0.2) is 23.6 Å². The van der Waals surface area contributed by atoms with Gasteiger partial charge in [0, 0.05) is 23.7 Å². The lowest BCUT2D eigenvalue weighted by molar-refractivity contribution is -0.137. The molecule has 2 aromatic heterocycles. The van der Waals surface area contributed by atoms with Crippen molar-refractivity contribution in [1.82, 2.24) is 15.2 Å². The van der Waals surface area contributed by atoms with Crippen molar-refractivity contribution in [3.63, 3.8) is 0 Å². The summed E-state index contributed by atoms with van der Waals surface area (Å²) in [5.74, 6) is 0. The Morgan fingerprint density at radius 3 is 2.28 bits per heavy atom. The second-order valence-corrected chi connectivity index (χ2v) is 10.1. The molecule has 166 valence electrons. The molecule has 0 aliphatic carbocycles. The van der Waals surface area contributed by atoms with Gasteiger partial charge in [-0.25, -0.2) is 13.4 Å². The number of nitrogens with zero attached hydrogens (tertiary/aromatic N) is 3. The standard InChI is InChI=1S/C19H14F3N5O2S3/c20-19(21,22)13-3-1-12(2-4-13)11-16-25-26-18(31-16)24-14-5-7-15(8-6-14)32(28,29)27-17-23-9-10-30-17/h1-10H,11H2,(H,23,27)(H,24,26). The number of alkyl halides is 3. The molecule has 0 amide bonds. The minimum Gasteiger partial charge on any atom is -0.330 e. The summed E-state index contributed by atoms with van der Waals surface area (Å²) in [6.45, 7) is 0. The van der Waals surface area contributed by atoms with E-state index in [4.69, 9.17) is 0 Å². The zero-order valence-electron chi connectivity index (χ0n) is 16.0. The van der Waals surface area contributed by atoms with Gasteiger partial charge in [0.05, 0.1) is 10.5 Å². The second-order valence-electron chi connectivity index (χ2n) is 6.46. The maximum atomic E-state index is 12.7. The number of anilines is 3. The highest BCUT2D eigenvalue weighted by Crippen LogP contribution is 2.30. The zero-order valence-corrected chi connectivity index (χ0v) is 18.4. The first-order valence-electron chi connectivity index (χ1n) is 8.97. The van der Waals surface area contributed by atoms with Crippen LogP contribution in [0.15, 0.2) is 65.0 Å². The Bertz CT molecular complexity index is 1290. The summed E-state index contributed by atoms with van der Waals surface area (Å²) < 4.78 is 65.1. The molecule has 7 nitrogen and oxygen atoms in total. The van der Waals surface area contributed by atoms with Gasteiger partial charge in [-0.2, -0.15) is 13.2 Å². The molecule has 2 heterocycles. The maximum absolute atomic E-state index is 12.7. The summed E-state index contributed by atoms with van der Waals surface area (Å²) in [6, 6.07) is 11.0. The van der Waals surface area contributed by atoms with E-state index in [2.05, 4.69) is 25.2 Å². The van der Waals surface area contributed by atoms with E-state index < -0.39 is 21.8 Å². The van der Waals surface area contributed by atoms with Crippen molar-refractivity contribution in [2.45, 2.75) is 17.5 Å². The number of halogens is 3. The average Bonchev–Trinajstić information content (AvgIpc) is 3.40. The minimum atomic E-state index is -4.37. The third kappa shape index (κ3) is 5.41. The van der Waals surface area contributed by atoms with E-state index in [0.29, 0.717) is 27.8 Å². The minimum absolute atomic E-state index is 0.0820. The zero-order chi connectivity index (χ0) is 22.8. The highest BCUT2D eigenvalue weighted by molar-refractivity contribution is 7.93. The molecule has 2 N–H and O–H groups in total. The molecule has 0 spiro atoms. The number of hydrogen-bond acceptors (Lipinski definition) is 8. The van der Waals surface area contributed by atoms with E-state index in [1.807, 2.05) is 0 Å². The molecule has 0 saturated heterocycles. The largest absolute Gasteiger partial charge is 0.416 e. The van der Waals surface area contributed by atoms with Gasteiger partial charge < -0.3 is 5.32 Å². The van der Waals surface area contributed by atoms with Gasteiger partial charge in [0.15, 0.2) is 5.13 Å². The Morgan fingerprint density at radius 1 is 0.938 bits per heavy atom. The summed E-state index contributed by atoms with van der Waals surface area (Å²) in [5.41, 5.74) is 0.589. The van der Waals surface area contributed by atoms with Crippen LogP contribution in [0.1, 0.15) is 16.1 Å². The van der Waals surface area contributed by atoms with Crippen LogP contribution in [0, 0.1) is 0 Å². The first-order chi connectivity index (χ1) is 15.2. The molecule has 0 aliphatic rings. The molecule has 0 fully saturated rings. The molecule has 0 unspecified atom stereocenters. The summed E-state index contributed by atoms with van der Waals surface area (Å²) in [6.07, 6.45) is -2.52. The topological polar surface area (TPSA) is 96.9 Å². The van der Waals surface area contributed by atoms with Crippen LogP contribution < -0.4 is 10.0 Å². The second kappa shape index (κ2) is 8.84. The van der Waals surface area contributed by atoms with Gasteiger partial charge in [0.25, 0.3) is 10.0 Å². The lowest BCUT2D eigenvalue weighted by Crippen LogP contribution is -2.12. The first kappa shape index (κ1) is 22.2. The highest BCUT2D eigenvalue weighted by atomic mass is 32.2. The molecule has 32 heavy (non-hydrogen) atoms. The molecule has 0 bridgehead atoms. The predicted octanol–water partition coefficient (Wildman–Crippen LogP) is 5.15. The normalized spacial score (nSPS) is 12.0. The van der Waals surface area contributed by atoms with Crippen molar-refractivity contribution < 1.29 is 21.6 Å². The van der Waals surface area contributed by atoms with E-state index >= 15 is 0 Å². The summed E-state index contributed by atoms with van der Waals surface area (Å²) in [5, 5.41) is 14.2. The van der Waals surface area contributed by atoms with Crippen LogP contribution >= 0.6 is 22.7 Å². The smallest absolute Gasteiger partial charge is 0.330 e. The molecule has 0 radical (unpaired) electrons. The number of aromatic nitrogens is 3. The Kier molecular flexibility index (Phi) is 6.13. The quantitative estimate of drug-likeness (QED) is 0.367. The van der Waals surface area contributed by atoms with Crippen LogP contribution in [-0.2, 0) is 22.6 Å². The van der Waals surface area contributed by atoms with Crippen molar-refractivity contribution in [2.75, 3.05) is 10.0 Å². The Hall–Kier alpha value is -3.03. The molecular formula is C19H14F3N5O2S3. The van der Waals surface area contributed by atoms with E-state index in [-0.39, 0.29) is 10.0 Å². The monoisotopic (exact) mass is 497 g/mol. The molecule has 0 saturated carbocycles. The summed E-state index contributed by atoms with van der Waals surface area (Å²) >= 11 is 2.43. The van der Waals surface area contributed by atoms with Gasteiger partial charge >= 0.3 is 6.18 Å². The summed E-state index contributed by atoms with van der Waals surface area (Å²) in [7, 11) is -3.74. The van der Waals surface area contributed by atoms with Gasteiger partial charge in [-0.05, 0) is 42.0 Å². The van der Waals surface area contributed by atoms with Crippen LogP contribution in [0.5, 0.6) is 0 Å². The third-order valence-electron chi connectivity index (χ3n) is 4.17. The number of benzene rings is 2. The number of rotatable bonds is 7. The molecule has 2 aromatic carbocycles. The van der Waals surface area contributed by atoms with Crippen molar-refractivity contribution in [1.29, 1.82) is 0 Å². The van der Waals surface area contributed by atoms with E-state index in [1.165, 1.54) is 53.1 Å². The van der Waals surface area contributed by atoms with E-state index in [9.17, 15) is 21.6 Å². The average molecular weight is 498 g/mol. The molecule has 0 aliphatic heterocycles. The fourth-order valence-corrected chi connectivity index (χ4v) is 5.23. The number of sulfonamides is 1. The molecule has 4 aromatic rings. The van der Waals surface area contributed by atoms with Gasteiger partial charge in [-0.1, -0.05) is 23.5 Å². The fourth-order valence-electron chi connectivity index (χ4n) is 2.65. The van der Waals surface area contributed by atoms with Crippen LogP contribution in [0.4, 0.5) is 29.1 Å². The van der Waals surface area contributed by atoms with Crippen LogP contribution in [0.25, 0.3) is 0 Å². The fraction of sp³-hybridized carbons (Fsp3) is 0.105. The molecular weight excluding hydrogens is 483 g/mol. The first-order valence-corrected chi connectivity index (χ1v) is 12.1. The van der Waals surface area contributed by atoms with E-state index in [0.717, 1.165) is 12.1 Å². The van der Waals surface area contributed by atoms with E-state index in [1.54, 1.807) is 17.5 Å². The van der Waals surface area contributed by atoms with Gasteiger partial charge in [-0.3, -0.25) is 4.72 Å². The van der Waals surface area contributed by atoms with Crippen LogP contribution in [0.3, 0.4) is 0 Å². The summed E-state index contributed by atoms with van der Waals surface area (Å²) in [4.78, 5) is 3.98. The maximum Gasteiger partial charge on any atom is 0.416 e.